The lowest BCUT2D eigenvalue weighted by molar-refractivity contribution is -0.269. The molecule has 0 aliphatic heterocycles. The molecule has 0 saturated carbocycles. The molecule has 0 fully saturated rings. The van der Waals surface area contributed by atoms with Gasteiger partial charge in [0.05, 0.1) is 21.6 Å². The number of aliphatic hydroxyl groups is 1. The van der Waals surface area contributed by atoms with Gasteiger partial charge in [-0.15, -0.1) is 0 Å². The summed E-state index contributed by atoms with van der Waals surface area (Å²) in [6.45, 7) is 5.35. The fourth-order valence-corrected chi connectivity index (χ4v) is 5.04. The van der Waals surface area contributed by atoms with Crippen LogP contribution in [0.1, 0.15) is 49.7 Å². The Morgan fingerprint density at radius 3 is 2.53 bits per heavy atom. The van der Waals surface area contributed by atoms with E-state index in [9.17, 15) is 18.3 Å². The molecule has 4 nitrogen and oxygen atoms in total. The van der Waals surface area contributed by atoms with Crippen molar-refractivity contribution in [1.82, 2.24) is 9.97 Å². The normalized spacial score (nSPS) is 23.0. The van der Waals surface area contributed by atoms with Crippen LogP contribution in [0.3, 0.4) is 0 Å². The van der Waals surface area contributed by atoms with Crippen LogP contribution in [0.4, 0.5) is 18.9 Å². The van der Waals surface area contributed by atoms with E-state index in [4.69, 9.17) is 23.2 Å². The van der Waals surface area contributed by atoms with Crippen molar-refractivity contribution in [2.24, 2.45) is 0 Å². The molecule has 0 saturated heterocycles. The minimum absolute atomic E-state index is 0.0616. The number of halogens is 5. The third kappa shape index (κ3) is 3.70. The topological polar surface area (TPSA) is 58.0 Å². The van der Waals surface area contributed by atoms with E-state index in [0.29, 0.717) is 28.0 Å². The average molecular weight is 484 g/mol. The zero-order chi connectivity index (χ0) is 23.5. The molecule has 1 aliphatic carbocycles. The number of benzene rings is 2. The van der Waals surface area contributed by atoms with Crippen molar-refractivity contribution in [2.75, 3.05) is 5.32 Å². The Hall–Kier alpha value is -2.09. The number of hydrogen-bond donors (Lipinski definition) is 2. The summed E-state index contributed by atoms with van der Waals surface area (Å²) < 4.78 is 43.1. The highest BCUT2D eigenvalue weighted by Gasteiger charge is 2.61. The summed E-state index contributed by atoms with van der Waals surface area (Å²) in [4.78, 5) is 8.54. The number of nitrogens with one attached hydrogen (secondary N) is 1. The fourth-order valence-electron chi connectivity index (χ4n) is 4.45. The molecule has 0 bridgehead atoms. The zero-order valence-electron chi connectivity index (χ0n) is 17.7. The highest BCUT2D eigenvalue weighted by atomic mass is 35.5. The number of hydrogen-bond acceptors (Lipinski definition) is 4. The molecular formula is C23H22Cl2F3N3O. The van der Waals surface area contributed by atoms with Gasteiger partial charge in [0, 0.05) is 17.3 Å². The number of aryl methyl sites for hydroxylation is 1. The van der Waals surface area contributed by atoms with Gasteiger partial charge < -0.3 is 10.4 Å². The number of aromatic nitrogens is 2. The first-order valence-corrected chi connectivity index (χ1v) is 10.9. The lowest BCUT2D eigenvalue weighted by atomic mass is 9.79. The van der Waals surface area contributed by atoms with Gasteiger partial charge in [-0.1, -0.05) is 49.2 Å². The standard InChI is InChI=1S/C23H22Cl2F3N3O/c1-12-29-11-14-16(30-12)5-4-6-17(14)31-20-13-7-8-15(24)19(25)18(13)21(2,3)9-10-22(20,32)23(26,27)28/h4-8,11,20,31-32H,9-10H2,1-3H3. The van der Waals surface area contributed by atoms with Crippen LogP contribution in [0.5, 0.6) is 0 Å². The number of rotatable bonds is 2. The molecule has 2 atom stereocenters. The van der Waals surface area contributed by atoms with Gasteiger partial charge in [0.15, 0.2) is 5.60 Å². The molecule has 2 unspecified atom stereocenters. The van der Waals surface area contributed by atoms with Crippen LogP contribution in [0.15, 0.2) is 36.5 Å². The van der Waals surface area contributed by atoms with Crippen molar-refractivity contribution in [2.45, 2.75) is 56.8 Å². The molecule has 1 heterocycles. The monoisotopic (exact) mass is 483 g/mol. The predicted molar refractivity (Wildman–Crippen MR) is 120 cm³/mol. The highest BCUT2D eigenvalue weighted by molar-refractivity contribution is 6.42. The first-order chi connectivity index (χ1) is 14.8. The lowest BCUT2D eigenvalue weighted by Crippen LogP contribution is -2.52. The van der Waals surface area contributed by atoms with Crippen LogP contribution < -0.4 is 5.32 Å². The van der Waals surface area contributed by atoms with Crippen molar-refractivity contribution in [3.63, 3.8) is 0 Å². The Labute approximate surface area is 193 Å². The Kier molecular flexibility index (Phi) is 5.59. The van der Waals surface area contributed by atoms with Crippen LogP contribution in [-0.2, 0) is 5.41 Å². The van der Waals surface area contributed by atoms with Gasteiger partial charge in [-0.25, -0.2) is 9.97 Å². The molecule has 3 aromatic rings. The van der Waals surface area contributed by atoms with Crippen molar-refractivity contribution < 1.29 is 18.3 Å². The molecule has 9 heteroatoms. The van der Waals surface area contributed by atoms with Gasteiger partial charge >= 0.3 is 6.18 Å². The average Bonchev–Trinajstić information content (AvgIpc) is 2.79. The number of fused-ring (bicyclic) bond motifs is 2. The second kappa shape index (κ2) is 7.75. The zero-order valence-corrected chi connectivity index (χ0v) is 19.2. The third-order valence-corrected chi connectivity index (χ3v) is 7.06. The summed E-state index contributed by atoms with van der Waals surface area (Å²) in [6.07, 6.45) is -3.79. The Morgan fingerprint density at radius 2 is 1.84 bits per heavy atom. The molecule has 1 aromatic heterocycles. The number of alkyl halides is 3. The van der Waals surface area contributed by atoms with Gasteiger partial charge in [0.1, 0.15) is 5.82 Å². The molecule has 32 heavy (non-hydrogen) atoms. The van der Waals surface area contributed by atoms with E-state index < -0.39 is 29.7 Å². The van der Waals surface area contributed by atoms with E-state index in [1.807, 2.05) is 13.8 Å². The van der Waals surface area contributed by atoms with Crippen molar-refractivity contribution in [3.8, 4) is 0 Å². The SMILES string of the molecule is Cc1ncc2c(NC3c4ccc(Cl)c(Cl)c4C(C)(C)CCC3(O)C(F)(F)F)cccc2n1. The van der Waals surface area contributed by atoms with Crippen LogP contribution in [0.2, 0.25) is 10.0 Å². The maximum atomic E-state index is 14.4. The molecule has 1 aliphatic rings. The van der Waals surface area contributed by atoms with Crippen LogP contribution in [0.25, 0.3) is 10.9 Å². The molecule has 2 N–H and O–H groups in total. The summed E-state index contributed by atoms with van der Waals surface area (Å²) in [5.41, 5.74) is -2.07. The summed E-state index contributed by atoms with van der Waals surface area (Å²) in [5, 5.41) is 15.1. The Balaban J connectivity index is 1.97. The smallest absolute Gasteiger partial charge is 0.379 e. The van der Waals surface area contributed by atoms with Crippen LogP contribution >= 0.6 is 23.2 Å². The van der Waals surface area contributed by atoms with E-state index in [2.05, 4.69) is 15.3 Å². The molecule has 2 aromatic carbocycles. The minimum atomic E-state index is -4.90. The maximum absolute atomic E-state index is 14.4. The van der Waals surface area contributed by atoms with E-state index in [1.165, 1.54) is 12.1 Å². The van der Waals surface area contributed by atoms with Gasteiger partial charge in [0.25, 0.3) is 0 Å². The van der Waals surface area contributed by atoms with Gasteiger partial charge in [-0.2, -0.15) is 13.2 Å². The summed E-state index contributed by atoms with van der Waals surface area (Å²) in [5.74, 6) is 0.546. The molecule has 170 valence electrons. The quantitative estimate of drug-likeness (QED) is 0.395. The van der Waals surface area contributed by atoms with Crippen molar-refractivity contribution >= 4 is 39.8 Å². The summed E-state index contributed by atoms with van der Waals surface area (Å²) in [7, 11) is 0. The highest BCUT2D eigenvalue weighted by Crippen LogP contribution is 2.54. The fraction of sp³-hybridized carbons (Fsp3) is 0.391. The Morgan fingerprint density at radius 1 is 1.12 bits per heavy atom. The maximum Gasteiger partial charge on any atom is 0.419 e. The minimum Gasteiger partial charge on any atom is -0.379 e. The van der Waals surface area contributed by atoms with Crippen molar-refractivity contribution in [1.29, 1.82) is 0 Å². The largest absolute Gasteiger partial charge is 0.419 e. The molecule has 0 spiro atoms. The van der Waals surface area contributed by atoms with Crippen LogP contribution in [0, 0.1) is 6.92 Å². The summed E-state index contributed by atoms with van der Waals surface area (Å²) in [6, 6.07) is 6.54. The van der Waals surface area contributed by atoms with Gasteiger partial charge in [0.2, 0.25) is 0 Å². The molecule has 4 rings (SSSR count). The molecule has 0 radical (unpaired) electrons. The second-order valence-corrected chi connectivity index (χ2v) is 9.65. The number of anilines is 1. The van der Waals surface area contributed by atoms with E-state index in [-0.39, 0.29) is 22.0 Å². The van der Waals surface area contributed by atoms with E-state index >= 15 is 0 Å². The van der Waals surface area contributed by atoms with Crippen LogP contribution in [-0.4, -0.2) is 26.9 Å². The van der Waals surface area contributed by atoms with E-state index in [0.717, 1.165) is 0 Å². The lowest BCUT2D eigenvalue weighted by Gasteiger charge is -2.38. The second-order valence-electron chi connectivity index (χ2n) is 8.86. The first-order valence-electron chi connectivity index (χ1n) is 10.1. The summed E-state index contributed by atoms with van der Waals surface area (Å²) >= 11 is 12.7. The molecular weight excluding hydrogens is 462 g/mol. The first kappa shape index (κ1) is 23.1. The van der Waals surface area contributed by atoms with Crippen molar-refractivity contribution in [3.05, 3.63) is 63.5 Å². The van der Waals surface area contributed by atoms with Gasteiger partial charge in [-0.3, -0.25) is 0 Å². The number of nitrogens with zero attached hydrogens (tertiary/aromatic N) is 2. The third-order valence-electron chi connectivity index (χ3n) is 6.26. The predicted octanol–water partition coefficient (Wildman–Crippen LogP) is 6.76. The van der Waals surface area contributed by atoms with Gasteiger partial charge in [-0.05, 0) is 54.5 Å². The molecule has 0 amide bonds. The van der Waals surface area contributed by atoms with E-state index in [1.54, 1.807) is 31.3 Å². The Bertz CT molecular complexity index is 1200.